The SMILES string of the molecule is O=S(=O)(Cc1ccccc1Cl)c1ccc(-c2noc(C(F)(F)F)n2)cc1. The second kappa shape index (κ2) is 6.73. The van der Waals surface area contributed by atoms with E-state index in [0.717, 1.165) is 0 Å². The lowest BCUT2D eigenvalue weighted by atomic mass is 10.2. The molecule has 0 bridgehead atoms. The van der Waals surface area contributed by atoms with Gasteiger partial charge in [-0.2, -0.15) is 18.2 Å². The Labute approximate surface area is 151 Å². The minimum absolute atomic E-state index is 0.000657. The van der Waals surface area contributed by atoms with E-state index in [2.05, 4.69) is 14.7 Å². The van der Waals surface area contributed by atoms with Crippen LogP contribution in [0.1, 0.15) is 11.5 Å². The van der Waals surface area contributed by atoms with Gasteiger partial charge in [0.1, 0.15) is 0 Å². The second-order valence-corrected chi connectivity index (χ2v) is 7.69. The van der Waals surface area contributed by atoms with E-state index < -0.39 is 21.9 Å². The number of sulfone groups is 1. The van der Waals surface area contributed by atoms with Crippen LogP contribution in [0.2, 0.25) is 5.02 Å². The highest BCUT2D eigenvalue weighted by Gasteiger charge is 2.38. The summed E-state index contributed by atoms with van der Waals surface area (Å²) < 4.78 is 66.6. The lowest BCUT2D eigenvalue weighted by Crippen LogP contribution is -2.05. The van der Waals surface area contributed by atoms with E-state index in [0.29, 0.717) is 10.6 Å². The second-order valence-electron chi connectivity index (χ2n) is 5.30. The Morgan fingerprint density at radius 2 is 1.69 bits per heavy atom. The van der Waals surface area contributed by atoms with Crippen molar-refractivity contribution in [2.75, 3.05) is 0 Å². The van der Waals surface area contributed by atoms with Crippen molar-refractivity contribution in [3.8, 4) is 11.4 Å². The molecule has 0 saturated heterocycles. The maximum Gasteiger partial charge on any atom is 0.471 e. The zero-order valence-electron chi connectivity index (χ0n) is 12.9. The lowest BCUT2D eigenvalue weighted by molar-refractivity contribution is -0.159. The van der Waals surface area contributed by atoms with Crippen LogP contribution in [0.3, 0.4) is 0 Å². The van der Waals surface area contributed by atoms with Gasteiger partial charge < -0.3 is 4.52 Å². The van der Waals surface area contributed by atoms with Crippen molar-refractivity contribution < 1.29 is 26.1 Å². The number of nitrogens with zero attached hydrogens (tertiary/aromatic N) is 2. The molecule has 0 aliphatic carbocycles. The number of benzene rings is 2. The molecule has 3 rings (SSSR count). The first-order valence-electron chi connectivity index (χ1n) is 7.14. The number of hydrogen-bond donors (Lipinski definition) is 0. The number of rotatable bonds is 4. The summed E-state index contributed by atoms with van der Waals surface area (Å²) >= 11 is 5.98. The molecule has 0 radical (unpaired) electrons. The van der Waals surface area contributed by atoms with Crippen LogP contribution in [0.15, 0.2) is 57.9 Å². The lowest BCUT2D eigenvalue weighted by Gasteiger charge is -2.07. The first-order valence-corrected chi connectivity index (χ1v) is 9.17. The van der Waals surface area contributed by atoms with Crippen molar-refractivity contribution in [3.63, 3.8) is 0 Å². The summed E-state index contributed by atoms with van der Waals surface area (Å²) in [6.45, 7) is 0. The third kappa shape index (κ3) is 3.88. The number of halogens is 4. The van der Waals surface area contributed by atoms with E-state index in [-0.39, 0.29) is 22.0 Å². The average Bonchev–Trinajstić information content (AvgIpc) is 3.07. The Hall–Kier alpha value is -2.39. The maximum absolute atomic E-state index is 12.5. The minimum Gasteiger partial charge on any atom is -0.329 e. The molecule has 0 fully saturated rings. The Balaban J connectivity index is 1.85. The smallest absolute Gasteiger partial charge is 0.329 e. The zero-order chi connectivity index (χ0) is 18.9. The molecule has 0 atom stereocenters. The summed E-state index contributed by atoms with van der Waals surface area (Å²) in [6, 6.07) is 11.7. The van der Waals surface area contributed by atoms with Crippen LogP contribution in [-0.2, 0) is 21.8 Å². The molecule has 0 saturated carbocycles. The predicted molar refractivity (Wildman–Crippen MR) is 87.1 cm³/mol. The fourth-order valence-corrected chi connectivity index (χ4v) is 3.83. The number of hydrogen-bond acceptors (Lipinski definition) is 5. The van der Waals surface area contributed by atoms with Crippen molar-refractivity contribution in [1.82, 2.24) is 10.1 Å². The first kappa shape index (κ1) is 18.4. The van der Waals surface area contributed by atoms with Crippen molar-refractivity contribution >= 4 is 21.4 Å². The van der Waals surface area contributed by atoms with Gasteiger partial charge in [-0.25, -0.2) is 8.42 Å². The van der Waals surface area contributed by atoms with Gasteiger partial charge in [-0.3, -0.25) is 0 Å². The van der Waals surface area contributed by atoms with Crippen molar-refractivity contribution in [3.05, 3.63) is 65.0 Å². The predicted octanol–water partition coefficient (Wildman–Crippen LogP) is 4.38. The summed E-state index contributed by atoms with van der Waals surface area (Å²) in [4.78, 5) is 3.25. The van der Waals surface area contributed by atoms with Gasteiger partial charge in [-0.1, -0.05) is 35.0 Å². The van der Waals surface area contributed by atoms with Gasteiger partial charge in [0.25, 0.3) is 0 Å². The van der Waals surface area contributed by atoms with Gasteiger partial charge in [-0.15, -0.1) is 0 Å². The standard InChI is InChI=1S/C16H10ClF3N2O3S/c17-13-4-2-1-3-11(13)9-26(23,24)12-7-5-10(6-8-12)14-21-15(25-22-14)16(18,19)20/h1-8H,9H2. The van der Waals surface area contributed by atoms with Gasteiger partial charge in [0.15, 0.2) is 9.84 Å². The number of alkyl halides is 3. The monoisotopic (exact) mass is 402 g/mol. The summed E-state index contributed by atoms with van der Waals surface area (Å²) in [7, 11) is -3.68. The molecule has 10 heteroatoms. The highest BCUT2D eigenvalue weighted by molar-refractivity contribution is 7.90. The largest absolute Gasteiger partial charge is 0.471 e. The highest BCUT2D eigenvalue weighted by Crippen LogP contribution is 2.30. The molecule has 0 spiro atoms. The Morgan fingerprint density at radius 3 is 2.27 bits per heavy atom. The molecule has 0 N–H and O–H groups in total. The van der Waals surface area contributed by atoms with E-state index in [1.54, 1.807) is 24.3 Å². The van der Waals surface area contributed by atoms with E-state index in [1.807, 2.05) is 0 Å². The molecule has 26 heavy (non-hydrogen) atoms. The topological polar surface area (TPSA) is 73.1 Å². The van der Waals surface area contributed by atoms with Gasteiger partial charge in [0, 0.05) is 10.6 Å². The van der Waals surface area contributed by atoms with Crippen LogP contribution >= 0.6 is 11.6 Å². The van der Waals surface area contributed by atoms with Crippen LogP contribution in [-0.4, -0.2) is 18.6 Å². The first-order chi connectivity index (χ1) is 12.2. The molecular formula is C16H10ClF3N2O3S. The summed E-state index contributed by atoms with van der Waals surface area (Å²) in [5.74, 6) is -2.05. The van der Waals surface area contributed by atoms with Crippen molar-refractivity contribution in [1.29, 1.82) is 0 Å². The van der Waals surface area contributed by atoms with E-state index in [1.165, 1.54) is 24.3 Å². The molecule has 2 aromatic carbocycles. The molecule has 0 aliphatic rings. The van der Waals surface area contributed by atoms with Crippen molar-refractivity contribution in [2.24, 2.45) is 0 Å². The molecular weight excluding hydrogens is 393 g/mol. The third-order valence-corrected chi connectivity index (χ3v) is 5.49. The Morgan fingerprint density at radius 1 is 1.04 bits per heavy atom. The van der Waals surface area contributed by atoms with E-state index in [4.69, 9.17) is 11.6 Å². The van der Waals surface area contributed by atoms with Crippen molar-refractivity contribution in [2.45, 2.75) is 16.8 Å². The fraction of sp³-hybridized carbons (Fsp3) is 0.125. The average molecular weight is 403 g/mol. The zero-order valence-corrected chi connectivity index (χ0v) is 14.4. The van der Waals surface area contributed by atoms with E-state index >= 15 is 0 Å². The normalized spacial score (nSPS) is 12.3. The van der Waals surface area contributed by atoms with Gasteiger partial charge >= 0.3 is 12.1 Å². The highest BCUT2D eigenvalue weighted by atomic mass is 35.5. The van der Waals surface area contributed by atoms with Gasteiger partial charge in [0.2, 0.25) is 5.82 Å². The molecule has 0 unspecified atom stereocenters. The third-order valence-electron chi connectivity index (χ3n) is 3.44. The molecule has 0 aliphatic heterocycles. The molecule has 3 aromatic rings. The fourth-order valence-electron chi connectivity index (χ4n) is 2.17. The summed E-state index contributed by atoms with van der Waals surface area (Å²) in [5, 5.41) is 3.58. The number of aromatic nitrogens is 2. The Bertz CT molecular complexity index is 1030. The quantitative estimate of drug-likeness (QED) is 0.647. The van der Waals surface area contributed by atoms with Gasteiger partial charge in [0.05, 0.1) is 10.6 Å². The molecule has 1 aromatic heterocycles. The molecule has 1 heterocycles. The van der Waals surface area contributed by atoms with E-state index in [9.17, 15) is 21.6 Å². The maximum atomic E-state index is 12.5. The van der Waals surface area contributed by atoms with Crippen LogP contribution in [0.5, 0.6) is 0 Å². The van der Waals surface area contributed by atoms with Crippen LogP contribution < -0.4 is 0 Å². The Kier molecular flexibility index (Phi) is 4.76. The molecule has 0 amide bonds. The molecule has 136 valence electrons. The summed E-state index contributed by atoms with van der Waals surface area (Å²) in [6.07, 6.45) is -4.75. The summed E-state index contributed by atoms with van der Waals surface area (Å²) in [5.41, 5.74) is 0.646. The molecule has 5 nitrogen and oxygen atoms in total. The minimum atomic E-state index is -4.75. The van der Waals surface area contributed by atoms with Crippen LogP contribution in [0.25, 0.3) is 11.4 Å². The van der Waals surface area contributed by atoms with Crippen LogP contribution in [0, 0.1) is 0 Å². The van der Waals surface area contributed by atoms with Crippen LogP contribution in [0.4, 0.5) is 13.2 Å². The van der Waals surface area contributed by atoms with Gasteiger partial charge in [-0.05, 0) is 35.9 Å².